The van der Waals surface area contributed by atoms with Crippen molar-refractivity contribution in [1.82, 2.24) is 0 Å². The van der Waals surface area contributed by atoms with Crippen molar-refractivity contribution in [2.75, 3.05) is 6.61 Å². The highest BCUT2D eigenvalue weighted by Gasteiger charge is 2.14. The fourth-order valence-corrected chi connectivity index (χ4v) is 1.79. The lowest BCUT2D eigenvalue weighted by molar-refractivity contribution is 0.0527. The molecule has 0 bridgehead atoms. The molecule has 82 valence electrons. The van der Waals surface area contributed by atoms with Crippen LogP contribution in [-0.2, 0) is 4.74 Å². The molecular formula is C14H14O2. The third-order valence-corrected chi connectivity index (χ3v) is 2.53. The van der Waals surface area contributed by atoms with Crippen LogP contribution < -0.4 is 0 Å². The summed E-state index contributed by atoms with van der Waals surface area (Å²) >= 11 is 0. The largest absolute Gasteiger partial charge is 0.462 e. The van der Waals surface area contributed by atoms with Gasteiger partial charge in [0.25, 0.3) is 0 Å². The predicted molar refractivity (Wildman–Crippen MR) is 63.8 cm³/mol. The van der Waals surface area contributed by atoms with E-state index in [2.05, 4.69) is 6.07 Å². The molecule has 0 radical (unpaired) electrons. The van der Waals surface area contributed by atoms with E-state index in [0.717, 1.165) is 16.7 Å². The lowest BCUT2D eigenvalue weighted by Crippen LogP contribution is -2.04. The van der Waals surface area contributed by atoms with Crippen LogP contribution in [0.4, 0.5) is 0 Å². The van der Waals surface area contributed by atoms with E-state index >= 15 is 0 Å². The minimum Gasteiger partial charge on any atom is -0.462 e. The summed E-state index contributed by atoms with van der Waals surface area (Å²) < 4.78 is 5.05. The van der Waals surface area contributed by atoms with Crippen LogP contribution in [0.3, 0.4) is 0 Å². The third kappa shape index (κ3) is 1.91. The first-order valence-corrected chi connectivity index (χ1v) is 5.39. The maximum absolute atomic E-state index is 11.8. The van der Waals surface area contributed by atoms with E-state index in [-0.39, 0.29) is 5.97 Å². The number of hydrogen-bond donors (Lipinski definition) is 0. The van der Waals surface area contributed by atoms with Crippen molar-refractivity contribution in [3.05, 3.63) is 47.5 Å². The number of esters is 1. The summed E-state index contributed by atoms with van der Waals surface area (Å²) in [6, 6.07) is 11.7. The van der Waals surface area contributed by atoms with Crippen molar-refractivity contribution < 1.29 is 9.53 Å². The van der Waals surface area contributed by atoms with E-state index in [4.69, 9.17) is 4.74 Å². The lowest BCUT2D eigenvalue weighted by Gasteiger charge is -2.03. The summed E-state index contributed by atoms with van der Waals surface area (Å²) in [6.45, 7) is 4.23. The number of fused-ring (bicyclic) bond motifs is 1. The van der Waals surface area contributed by atoms with Crippen molar-refractivity contribution in [1.29, 1.82) is 0 Å². The first-order valence-electron chi connectivity index (χ1n) is 5.39. The summed E-state index contributed by atoms with van der Waals surface area (Å²) in [7, 11) is 0. The van der Waals surface area contributed by atoms with Gasteiger partial charge in [0.15, 0.2) is 0 Å². The van der Waals surface area contributed by atoms with Crippen molar-refractivity contribution in [3.8, 4) is 11.1 Å². The van der Waals surface area contributed by atoms with Gasteiger partial charge in [-0.3, -0.25) is 0 Å². The van der Waals surface area contributed by atoms with Crippen LogP contribution in [0.15, 0.2) is 36.4 Å². The van der Waals surface area contributed by atoms with Crippen LogP contribution in [0.25, 0.3) is 11.1 Å². The van der Waals surface area contributed by atoms with Gasteiger partial charge in [0.05, 0.1) is 12.2 Å². The summed E-state index contributed by atoms with van der Waals surface area (Å²) in [5.74, 6) is -0.255. The van der Waals surface area contributed by atoms with Crippen molar-refractivity contribution >= 4 is 5.97 Å². The van der Waals surface area contributed by atoms with Crippen LogP contribution in [-0.4, -0.2) is 12.6 Å². The zero-order chi connectivity index (χ0) is 11.5. The first-order chi connectivity index (χ1) is 7.72. The second-order valence-corrected chi connectivity index (χ2v) is 3.75. The van der Waals surface area contributed by atoms with Crippen LogP contribution in [0.1, 0.15) is 22.8 Å². The zero-order valence-electron chi connectivity index (χ0n) is 9.49. The molecule has 0 heterocycles. The van der Waals surface area contributed by atoms with Gasteiger partial charge < -0.3 is 4.74 Å². The highest BCUT2D eigenvalue weighted by atomic mass is 16.5. The smallest absolute Gasteiger partial charge is 0.338 e. The standard InChI is InChI=1S/C14H14O2/c1-3-16-14(15)13-8-7-10(2)9-11-5-4-6-12(11)13/h4-9H,3H2,1-2H3. The van der Waals surface area contributed by atoms with Crippen LogP contribution in [0.5, 0.6) is 0 Å². The molecule has 2 rings (SSSR count). The van der Waals surface area contributed by atoms with Crippen LogP contribution in [0, 0.1) is 6.92 Å². The number of ether oxygens (including phenoxy) is 1. The molecule has 0 amide bonds. The summed E-state index contributed by atoms with van der Waals surface area (Å²) in [4.78, 5) is 11.8. The SMILES string of the molecule is CCOC(=O)c1ccc(C)cc2cccc1-2. The third-order valence-electron chi connectivity index (χ3n) is 2.53. The Hall–Kier alpha value is -1.83. The fourth-order valence-electron chi connectivity index (χ4n) is 1.79. The Morgan fingerprint density at radius 1 is 1.25 bits per heavy atom. The molecule has 0 aliphatic heterocycles. The normalized spacial score (nSPS) is 10.4. The molecule has 0 atom stereocenters. The first kappa shape index (κ1) is 10.7. The van der Waals surface area contributed by atoms with Gasteiger partial charge in [0.2, 0.25) is 0 Å². The summed E-state index contributed by atoms with van der Waals surface area (Å²) in [6.07, 6.45) is 0. The number of rotatable bonds is 2. The molecule has 2 heteroatoms. The quantitative estimate of drug-likeness (QED) is 0.717. The molecule has 0 aromatic heterocycles. The molecule has 0 saturated carbocycles. The number of aryl methyl sites for hydroxylation is 1. The van der Waals surface area contributed by atoms with E-state index in [1.807, 2.05) is 44.2 Å². The zero-order valence-corrected chi connectivity index (χ0v) is 9.49. The molecule has 2 nitrogen and oxygen atoms in total. The minimum absolute atomic E-state index is 0.255. The average molecular weight is 214 g/mol. The molecule has 0 saturated heterocycles. The number of hydrogen-bond acceptors (Lipinski definition) is 2. The highest BCUT2D eigenvalue weighted by molar-refractivity contribution is 5.97. The van der Waals surface area contributed by atoms with Crippen molar-refractivity contribution in [2.45, 2.75) is 13.8 Å². The van der Waals surface area contributed by atoms with Gasteiger partial charge in [-0.1, -0.05) is 35.9 Å². The Bertz CT molecular complexity index is 488. The van der Waals surface area contributed by atoms with E-state index < -0.39 is 0 Å². The van der Waals surface area contributed by atoms with Gasteiger partial charge in [-0.2, -0.15) is 0 Å². The van der Waals surface area contributed by atoms with Gasteiger partial charge in [0, 0.05) is 0 Å². The molecule has 0 aromatic rings. The maximum Gasteiger partial charge on any atom is 0.338 e. The molecule has 0 N–H and O–H groups in total. The van der Waals surface area contributed by atoms with Gasteiger partial charge in [0.1, 0.15) is 0 Å². The second-order valence-electron chi connectivity index (χ2n) is 3.75. The Kier molecular flexibility index (Phi) is 2.91. The topological polar surface area (TPSA) is 26.3 Å². The highest BCUT2D eigenvalue weighted by Crippen LogP contribution is 2.27. The van der Waals surface area contributed by atoms with Gasteiger partial charge in [-0.25, -0.2) is 4.79 Å². The molecule has 0 aromatic carbocycles. The fraction of sp³-hybridized carbons (Fsp3) is 0.214. The monoisotopic (exact) mass is 214 g/mol. The number of carbonyl (C=O) groups is 1. The predicted octanol–water partition coefficient (Wildman–Crippen LogP) is 3.28. The van der Waals surface area contributed by atoms with Gasteiger partial charge >= 0.3 is 5.97 Å². The van der Waals surface area contributed by atoms with Gasteiger partial charge in [-0.05, 0) is 31.0 Å². The van der Waals surface area contributed by atoms with Gasteiger partial charge in [-0.15, -0.1) is 0 Å². The molecule has 2 aliphatic carbocycles. The molecule has 0 spiro atoms. The van der Waals surface area contributed by atoms with Crippen LogP contribution in [0.2, 0.25) is 0 Å². The Morgan fingerprint density at radius 2 is 2.06 bits per heavy atom. The Labute approximate surface area is 95.2 Å². The van der Waals surface area contributed by atoms with Crippen molar-refractivity contribution in [2.24, 2.45) is 0 Å². The maximum atomic E-state index is 11.8. The summed E-state index contributed by atoms with van der Waals surface area (Å²) in [5.41, 5.74) is 3.79. The number of carbonyl (C=O) groups excluding carboxylic acids is 1. The van der Waals surface area contributed by atoms with E-state index in [9.17, 15) is 4.79 Å². The van der Waals surface area contributed by atoms with E-state index in [1.165, 1.54) is 0 Å². The minimum atomic E-state index is -0.255. The lowest BCUT2D eigenvalue weighted by atomic mass is 10.1. The average Bonchev–Trinajstić information content (AvgIpc) is 2.61. The molecule has 2 aliphatic rings. The van der Waals surface area contributed by atoms with E-state index in [1.54, 1.807) is 0 Å². The van der Waals surface area contributed by atoms with Crippen molar-refractivity contribution in [3.63, 3.8) is 0 Å². The molecule has 0 unspecified atom stereocenters. The molecular weight excluding hydrogens is 200 g/mol. The Balaban J connectivity index is 2.55. The summed E-state index contributed by atoms with van der Waals surface area (Å²) in [5, 5.41) is 0. The van der Waals surface area contributed by atoms with Crippen LogP contribution >= 0.6 is 0 Å². The molecule has 0 fully saturated rings. The Morgan fingerprint density at radius 3 is 2.81 bits per heavy atom. The second kappa shape index (κ2) is 4.35. The van der Waals surface area contributed by atoms with E-state index in [0.29, 0.717) is 12.2 Å². The molecule has 16 heavy (non-hydrogen) atoms.